The summed E-state index contributed by atoms with van der Waals surface area (Å²) < 4.78 is 12.9. The predicted molar refractivity (Wildman–Crippen MR) is 162 cm³/mol. The Morgan fingerprint density at radius 2 is 1.49 bits per heavy atom. The molecule has 1 saturated heterocycles. The number of nitrogens with zero attached hydrogens (tertiary/aromatic N) is 4. The van der Waals surface area contributed by atoms with Crippen LogP contribution in [0.2, 0.25) is 0 Å². The minimum absolute atomic E-state index is 0.159. The molecular formula is C31H25N5O9. The Hall–Kier alpha value is -6.31. The third-order valence-electron chi connectivity index (χ3n) is 6.95. The third-order valence-corrected chi connectivity index (χ3v) is 6.95. The summed E-state index contributed by atoms with van der Waals surface area (Å²) in [5.41, 5.74) is 1.76. The summed E-state index contributed by atoms with van der Waals surface area (Å²) in [7, 11) is 0. The first-order valence-corrected chi connectivity index (χ1v) is 13.5. The number of carbonyl (C=O) groups is 3. The number of hydrogen-bond donors (Lipinski definition) is 1. The highest BCUT2D eigenvalue weighted by Crippen LogP contribution is 2.35. The second kappa shape index (κ2) is 12.1. The minimum Gasteiger partial charge on any atom is -0.494 e. The zero-order valence-electron chi connectivity index (χ0n) is 24.2. The van der Waals surface area contributed by atoms with Crippen LogP contribution in [0.1, 0.15) is 23.9 Å². The third kappa shape index (κ3) is 5.97. The van der Waals surface area contributed by atoms with Crippen molar-refractivity contribution in [2.45, 2.75) is 20.8 Å². The van der Waals surface area contributed by atoms with E-state index in [1.807, 2.05) is 18.4 Å². The van der Waals surface area contributed by atoms with Crippen molar-refractivity contribution in [1.29, 1.82) is 0 Å². The van der Waals surface area contributed by atoms with Crippen LogP contribution in [0.5, 0.6) is 17.2 Å². The van der Waals surface area contributed by atoms with Crippen molar-refractivity contribution in [1.82, 2.24) is 9.88 Å². The van der Waals surface area contributed by atoms with Crippen LogP contribution < -0.4 is 19.7 Å². The molecule has 1 fully saturated rings. The van der Waals surface area contributed by atoms with Gasteiger partial charge in [-0.2, -0.15) is 0 Å². The van der Waals surface area contributed by atoms with Gasteiger partial charge in [0.2, 0.25) is 5.75 Å². The first-order valence-electron chi connectivity index (χ1n) is 13.5. The Morgan fingerprint density at radius 1 is 0.844 bits per heavy atom. The van der Waals surface area contributed by atoms with Crippen LogP contribution in [-0.4, -0.2) is 38.9 Å². The highest BCUT2D eigenvalue weighted by atomic mass is 16.6. The van der Waals surface area contributed by atoms with Crippen molar-refractivity contribution in [3.05, 3.63) is 116 Å². The van der Waals surface area contributed by atoms with E-state index >= 15 is 0 Å². The van der Waals surface area contributed by atoms with E-state index in [1.165, 1.54) is 6.08 Å². The second-order valence-electron chi connectivity index (χ2n) is 9.81. The summed E-state index contributed by atoms with van der Waals surface area (Å²) in [6.07, 6.45) is 1.43. The Morgan fingerprint density at radius 3 is 2.11 bits per heavy atom. The molecule has 1 aliphatic heterocycles. The summed E-state index contributed by atoms with van der Waals surface area (Å²) in [4.78, 5) is 60.6. The Labute approximate surface area is 255 Å². The van der Waals surface area contributed by atoms with E-state index in [0.29, 0.717) is 29.3 Å². The number of urea groups is 1. The van der Waals surface area contributed by atoms with Gasteiger partial charge in [-0.15, -0.1) is 0 Å². The fourth-order valence-corrected chi connectivity index (χ4v) is 4.88. The van der Waals surface area contributed by atoms with Crippen LogP contribution in [0.25, 0.3) is 11.8 Å². The van der Waals surface area contributed by atoms with Crippen LogP contribution in [0, 0.1) is 34.1 Å². The number of amides is 4. The van der Waals surface area contributed by atoms with Crippen LogP contribution in [0.4, 0.5) is 21.9 Å². The number of aromatic nitrogens is 1. The number of aryl methyl sites for hydroxylation is 1. The van der Waals surface area contributed by atoms with E-state index in [4.69, 9.17) is 9.47 Å². The number of nitro benzene ring substituents is 2. The lowest BCUT2D eigenvalue weighted by atomic mass is 10.1. The summed E-state index contributed by atoms with van der Waals surface area (Å²) in [5.74, 6) is -0.936. The maximum Gasteiger partial charge on any atom is 0.335 e. The molecule has 1 aliphatic rings. The molecule has 14 nitrogen and oxygen atoms in total. The van der Waals surface area contributed by atoms with Crippen molar-refractivity contribution in [2.75, 3.05) is 11.5 Å². The Balaban J connectivity index is 1.41. The number of rotatable bonds is 9. The molecule has 0 saturated carbocycles. The minimum atomic E-state index is -0.863. The molecule has 0 atom stereocenters. The number of ether oxygens (including phenoxy) is 2. The number of hydrogen-bond acceptors (Lipinski definition) is 9. The molecule has 0 aliphatic carbocycles. The van der Waals surface area contributed by atoms with Gasteiger partial charge in [0, 0.05) is 23.1 Å². The number of carbonyl (C=O) groups excluding carboxylic acids is 3. The zero-order valence-corrected chi connectivity index (χ0v) is 24.2. The Bertz CT molecular complexity index is 1890. The van der Waals surface area contributed by atoms with Gasteiger partial charge in [0.15, 0.2) is 0 Å². The fraction of sp³-hybridized carbons (Fsp3) is 0.129. The normalized spacial score (nSPS) is 14.0. The molecule has 4 amide bonds. The van der Waals surface area contributed by atoms with E-state index in [9.17, 15) is 34.6 Å². The van der Waals surface area contributed by atoms with Crippen LogP contribution in [0.3, 0.4) is 0 Å². The monoisotopic (exact) mass is 611 g/mol. The number of anilines is 1. The van der Waals surface area contributed by atoms with Gasteiger partial charge in [-0.05, 0) is 93.1 Å². The van der Waals surface area contributed by atoms with Gasteiger partial charge in [-0.3, -0.25) is 35.1 Å². The number of nitro groups is 2. The lowest BCUT2D eigenvalue weighted by molar-refractivity contribution is -0.394. The van der Waals surface area contributed by atoms with Crippen LogP contribution >= 0.6 is 0 Å². The molecule has 14 heteroatoms. The summed E-state index contributed by atoms with van der Waals surface area (Å²) in [6, 6.07) is 16.9. The number of imide groups is 2. The van der Waals surface area contributed by atoms with Gasteiger partial charge in [-0.25, -0.2) is 9.69 Å². The van der Waals surface area contributed by atoms with E-state index in [-0.39, 0.29) is 22.8 Å². The van der Waals surface area contributed by atoms with Crippen molar-refractivity contribution in [3.8, 4) is 22.9 Å². The average molecular weight is 612 g/mol. The molecule has 0 unspecified atom stereocenters. The molecule has 45 heavy (non-hydrogen) atoms. The molecule has 1 N–H and O–H groups in total. The molecule has 5 rings (SSSR count). The number of barbiturate groups is 1. The predicted octanol–water partition coefficient (Wildman–Crippen LogP) is 5.77. The number of benzene rings is 3. The maximum atomic E-state index is 13.4. The average Bonchev–Trinajstić information content (AvgIpc) is 3.28. The SMILES string of the molecule is CCOc1ccc(N2C(=O)NC(=O)/C(=C\c3cc(C)n(-c4ccc(Oc5ccc([N+](=O)[O-])cc5[N+](=O)[O-])cc4)c3C)C2=O)cc1. The molecule has 0 bridgehead atoms. The number of nitrogens with one attached hydrogen (secondary N) is 1. The lowest BCUT2D eigenvalue weighted by Gasteiger charge is -2.26. The molecule has 0 spiro atoms. The largest absolute Gasteiger partial charge is 0.494 e. The van der Waals surface area contributed by atoms with E-state index in [1.54, 1.807) is 61.5 Å². The van der Waals surface area contributed by atoms with E-state index in [0.717, 1.165) is 28.8 Å². The molecule has 3 aromatic carbocycles. The molecule has 4 aromatic rings. The van der Waals surface area contributed by atoms with Gasteiger partial charge in [0.25, 0.3) is 17.5 Å². The van der Waals surface area contributed by atoms with Crippen LogP contribution in [0.15, 0.2) is 78.4 Å². The summed E-state index contributed by atoms with van der Waals surface area (Å²) in [6.45, 7) is 5.91. The van der Waals surface area contributed by atoms with Gasteiger partial charge in [0.1, 0.15) is 17.1 Å². The molecule has 228 valence electrons. The zero-order chi connectivity index (χ0) is 32.4. The van der Waals surface area contributed by atoms with Gasteiger partial charge in [-0.1, -0.05) is 0 Å². The van der Waals surface area contributed by atoms with Crippen molar-refractivity contribution >= 4 is 41.0 Å². The van der Waals surface area contributed by atoms with Crippen molar-refractivity contribution in [2.24, 2.45) is 0 Å². The summed E-state index contributed by atoms with van der Waals surface area (Å²) in [5, 5.41) is 24.7. The smallest absolute Gasteiger partial charge is 0.335 e. The summed E-state index contributed by atoms with van der Waals surface area (Å²) >= 11 is 0. The molecule has 0 radical (unpaired) electrons. The first kappa shape index (κ1) is 30.2. The maximum absolute atomic E-state index is 13.4. The molecule has 1 aromatic heterocycles. The molecular weight excluding hydrogens is 586 g/mol. The van der Waals surface area contributed by atoms with Crippen molar-refractivity contribution < 1.29 is 33.7 Å². The van der Waals surface area contributed by atoms with Crippen LogP contribution in [-0.2, 0) is 9.59 Å². The standard InChI is InChI=1S/C31H25N5O9/c1-4-44-24-10-5-22(6-11-24)34-30(38)26(29(37)32-31(34)39)16-20-15-18(2)33(19(20)3)21-7-12-25(13-8-21)45-28-14-9-23(35(40)41)17-27(28)36(42)43/h5-17H,4H2,1-3H3,(H,32,37,39)/b26-16+. The topological polar surface area (TPSA) is 176 Å². The Kier molecular flexibility index (Phi) is 8.13. The number of non-ortho nitro benzene ring substituents is 1. The van der Waals surface area contributed by atoms with Crippen molar-refractivity contribution in [3.63, 3.8) is 0 Å². The fourth-order valence-electron chi connectivity index (χ4n) is 4.88. The van der Waals surface area contributed by atoms with E-state index < -0.39 is 39.1 Å². The highest BCUT2D eigenvalue weighted by Gasteiger charge is 2.37. The second-order valence-corrected chi connectivity index (χ2v) is 9.81. The quantitative estimate of drug-likeness (QED) is 0.107. The highest BCUT2D eigenvalue weighted by molar-refractivity contribution is 6.39. The van der Waals surface area contributed by atoms with Gasteiger partial charge in [0.05, 0.1) is 28.2 Å². The van der Waals surface area contributed by atoms with Gasteiger partial charge < -0.3 is 14.0 Å². The van der Waals surface area contributed by atoms with E-state index in [2.05, 4.69) is 5.32 Å². The molecule has 2 heterocycles. The first-order chi connectivity index (χ1) is 21.5. The lowest BCUT2D eigenvalue weighted by Crippen LogP contribution is -2.54. The van der Waals surface area contributed by atoms with Gasteiger partial charge >= 0.3 is 11.7 Å².